The first-order valence-electron chi connectivity index (χ1n) is 8.51. The van der Waals surface area contributed by atoms with Crippen LogP contribution in [0.15, 0.2) is 6.20 Å². The van der Waals surface area contributed by atoms with E-state index in [1.165, 1.54) is 32.1 Å². The molecular weight excluding hydrogens is 262 g/mol. The molecule has 3 rings (SSSR count). The van der Waals surface area contributed by atoms with E-state index in [-0.39, 0.29) is 11.6 Å². The molecule has 4 heteroatoms. The fourth-order valence-corrected chi connectivity index (χ4v) is 3.80. The Morgan fingerprint density at radius 1 is 1.24 bits per heavy atom. The summed E-state index contributed by atoms with van der Waals surface area (Å²) in [6.45, 7) is 2.79. The molecule has 1 atom stereocenters. The van der Waals surface area contributed by atoms with Crippen molar-refractivity contribution in [1.29, 1.82) is 0 Å². The molecule has 2 aliphatic carbocycles. The summed E-state index contributed by atoms with van der Waals surface area (Å²) in [5.74, 6) is 0.900. The van der Waals surface area contributed by atoms with E-state index in [9.17, 15) is 0 Å². The number of nitrogens with two attached hydrogens (primary N) is 1. The minimum atomic E-state index is -0.252. The summed E-state index contributed by atoms with van der Waals surface area (Å²) in [4.78, 5) is 9.60. The van der Waals surface area contributed by atoms with E-state index in [4.69, 9.17) is 15.5 Å². The number of rotatable bonds is 3. The van der Waals surface area contributed by atoms with E-state index in [0.29, 0.717) is 0 Å². The first kappa shape index (κ1) is 14.9. The van der Waals surface area contributed by atoms with Gasteiger partial charge in [-0.2, -0.15) is 0 Å². The topological polar surface area (TPSA) is 61.0 Å². The van der Waals surface area contributed by atoms with E-state index in [1.54, 1.807) is 0 Å². The molecule has 4 nitrogen and oxygen atoms in total. The first-order chi connectivity index (χ1) is 10.2. The summed E-state index contributed by atoms with van der Waals surface area (Å²) >= 11 is 0. The largest absolute Gasteiger partial charge is 0.367 e. The van der Waals surface area contributed by atoms with Gasteiger partial charge in [-0.1, -0.05) is 25.7 Å². The minimum Gasteiger partial charge on any atom is -0.367 e. The van der Waals surface area contributed by atoms with Gasteiger partial charge in [0.15, 0.2) is 5.82 Å². The molecule has 0 spiro atoms. The molecule has 0 bridgehead atoms. The lowest BCUT2D eigenvalue weighted by molar-refractivity contribution is -0.0768. The number of aromatic nitrogens is 2. The van der Waals surface area contributed by atoms with Crippen LogP contribution >= 0.6 is 0 Å². The van der Waals surface area contributed by atoms with Crippen molar-refractivity contribution in [2.75, 3.05) is 6.61 Å². The Hall–Kier alpha value is -1.00. The minimum absolute atomic E-state index is 0.103. The highest BCUT2D eigenvalue weighted by Crippen LogP contribution is 2.39. The number of aryl methyl sites for hydroxylation is 1. The monoisotopic (exact) mass is 289 g/mol. The number of hydrogen-bond donors (Lipinski definition) is 1. The molecule has 1 aromatic heterocycles. The number of nitrogens with zero attached hydrogens (tertiary/aromatic N) is 2. The maximum absolute atomic E-state index is 6.26. The molecule has 21 heavy (non-hydrogen) atoms. The predicted molar refractivity (Wildman–Crippen MR) is 82.9 cm³/mol. The van der Waals surface area contributed by atoms with Gasteiger partial charge in [-0.25, -0.2) is 9.97 Å². The highest BCUT2D eigenvalue weighted by molar-refractivity contribution is 5.24. The van der Waals surface area contributed by atoms with E-state index in [1.807, 2.05) is 6.20 Å². The van der Waals surface area contributed by atoms with Gasteiger partial charge in [-0.05, 0) is 39.0 Å². The van der Waals surface area contributed by atoms with Crippen LogP contribution in [0.3, 0.4) is 0 Å². The van der Waals surface area contributed by atoms with Gasteiger partial charge in [0.2, 0.25) is 0 Å². The Kier molecular flexibility index (Phi) is 4.55. The SMILES string of the molecule is CCOC1(c2ncc3c(n2)CCCCC3N)CCCCC1. The molecule has 0 aromatic carbocycles. The number of hydrogen-bond acceptors (Lipinski definition) is 4. The van der Waals surface area contributed by atoms with Crippen LogP contribution in [0, 0.1) is 0 Å². The van der Waals surface area contributed by atoms with Gasteiger partial charge in [0.25, 0.3) is 0 Å². The van der Waals surface area contributed by atoms with Gasteiger partial charge in [0.1, 0.15) is 5.60 Å². The Labute approximate surface area is 127 Å². The van der Waals surface area contributed by atoms with Gasteiger partial charge in [-0.15, -0.1) is 0 Å². The summed E-state index contributed by atoms with van der Waals surface area (Å²) in [6.07, 6.45) is 12.2. The highest BCUT2D eigenvalue weighted by Gasteiger charge is 2.38. The third-order valence-corrected chi connectivity index (χ3v) is 4.97. The molecule has 1 saturated carbocycles. The molecule has 1 fully saturated rings. The third-order valence-electron chi connectivity index (χ3n) is 4.97. The Bertz CT molecular complexity index is 477. The average Bonchev–Trinajstić information content (AvgIpc) is 2.70. The molecule has 1 heterocycles. The molecule has 1 unspecified atom stereocenters. The van der Waals surface area contributed by atoms with E-state index < -0.39 is 0 Å². The second-order valence-corrected chi connectivity index (χ2v) is 6.44. The zero-order chi connectivity index (χ0) is 14.7. The lowest BCUT2D eigenvalue weighted by Crippen LogP contribution is -2.35. The highest BCUT2D eigenvalue weighted by atomic mass is 16.5. The van der Waals surface area contributed by atoms with Crippen molar-refractivity contribution in [2.45, 2.75) is 76.4 Å². The Morgan fingerprint density at radius 3 is 2.81 bits per heavy atom. The van der Waals surface area contributed by atoms with Gasteiger partial charge < -0.3 is 10.5 Å². The van der Waals surface area contributed by atoms with Crippen molar-refractivity contribution >= 4 is 0 Å². The second-order valence-electron chi connectivity index (χ2n) is 6.44. The van der Waals surface area contributed by atoms with Gasteiger partial charge in [0, 0.05) is 30.1 Å². The molecule has 0 amide bonds. The summed E-state index contributed by atoms with van der Waals surface area (Å²) in [5.41, 5.74) is 8.32. The molecule has 2 aliphatic rings. The van der Waals surface area contributed by atoms with Crippen LogP contribution < -0.4 is 5.73 Å². The lowest BCUT2D eigenvalue weighted by atomic mass is 9.83. The van der Waals surface area contributed by atoms with Crippen molar-refractivity contribution in [2.24, 2.45) is 5.73 Å². The third kappa shape index (κ3) is 2.97. The smallest absolute Gasteiger partial charge is 0.160 e. The molecular formula is C17H27N3O. The zero-order valence-electron chi connectivity index (χ0n) is 13.1. The van der Waals surface area contributed by atoms with Crippen LogP contribution in [0.4, 0.5) is 0 Å². The van der Waals surface area contributed by atoms with Crippen LogP contribution in [-0.2, 0) is 16.8 Å². The molecule has 0 saturated heterocycles. The zero-order valence-corrected chi connectivity index (χ0v) is 13.1. The number of fused-ring (bicyclic) bond motifs is 1. The maximum Gasteiger partial charge on any atom is 0.160 e. The Balaban J connectivity index is 1.95. The molecule has 2 N–H and O–H groups in total. The molecule has 0 aliphatic heterocycles. The van der Waals surface area contributed by atoms with Gasteiger partial charge in [-0.3, -0.25) is 0 Å². The predicted octanol–water partition coefficient (Wildman–Crippen LogP) is 3.40. The van der Waals surface area contributed by atoms with Crippen molar-refractivity contribution in [3.63, 3.8) is 0 Å². The van der Waals surface area contributed by atoms with Crippen LogP contribution in [0.1, 0.15) is 81.4 Å². The molecule has 0 radical (unpaired) electrons. The lowest BCUT2D eigenvalue weighted by Gasteiger charge is -2.35. The summed E-state index contributed by atoms with van der Waals surface area (Å²) in [7, 11) is 0. The van der Waals surface area contributed by atoms with Crippen LogP contribution in [0.5, 0.6) is 0 Å². The van der Waals surface area contributed by atoms with Crippen LogP contribution in [0.25, 0.3) is 0 Å². The fraction of sp³-hybridized carbons (Fsp3) is 0.765. The quantitative estimate of drug-likeness (QED) is 0.866. The number of ether oxygens (including phenoxy) is 1. The first-order valence-corrected chi connectivity index (χ1v) is 8.51. The van der Waals surface area contributed by atoms with E-state index in [0.717, 1.165) is 49.4 Å². The van der Waals surface area contributed by atoms with Crippen molar-refractivity contribution in [3.8, 4) is 0 Å². The maximum atomic E-state index is 6.26. The second kappa shape index (κ2) is 6.41. The van der Waals surface area contributed by atoms with Crippen LogP contribution in [0.2, 0.25) is 0 Å². The van der Waals surface area contributed by atoms with Crippen LogP contribution in [-0.4, -0.2) is 16.6 Å². The Morgan fingerprint density at radius 2 is 2.05 bits per heavy atom. The van der Waals surface area contributed by atoms with Crippen molar-refractivity contribution in [3.05, 3.63) is 23.3 Å². The standard InChI is InChI=1S/C17H27N3O/c1-2-21-17(10-6-3-7-11-17)16-19-12-13-14(18)8-4-5-9-15(13)20-16/h12,14H,2-11,18H2,1H3. The summed E-state index contributed by atoms with van der Waals surface area (Å²) < 4.78 is 6.15. The van der Waals surface area contributed by atoms with Crippen molar-refractivity contribution < 1.29 is 4.74 Å². The van der Waals surface area contributed by atoms with Crippen molar-refractivity contribution in [1.82, 2.24) is 9.97 Å². The fourth-order valence-electron chi connectivity index (χ4n) is 3.80. The normalized spacial score (nSPS) is 25.1. The summed E-state index contributed by atoms with van der Waals surface area (Å²) in [5, 5.41) is 0. The molecule has 1 aromatic rings. The van der Waals surface area contributed by atoms with Gasteiger partial charge in [0.05, 0.1) is 0 Å². The summed E-state index contributed by atoms with van der Waals surface area (Å²) in [6, 6.07) is 0.103. The van der Waals surface area contributed by atoms with E-state index in [2.05, 4.69) is 11.9 Å². The van der Waals surface area contributed by atoms with E-state index >= 15 is 0 Å². The molecule has 116 valence electrons. The average molecular weight is 289 g/mol. The van der Waals surface area contributed by atoms with Gasteiger partial charge >= 0.3 is 0 Å².